The third-order valence-electron chi connectivity index (χ3n) is 2.26. The summed E-state index contributed by atoms with van der Waals surface area (Å²) >= 11 is 3.09. The van der Waals surface area contributed by atoms with Crippen LogP contribution in [0.5, 0.6) is 0 Å². The van der Waals surface area contributed by atoms with Gasteiger partial charge in [0.25, 0.3) is 0 Å². The highest BCUT2D eigenvalue weighted by atomic mass is 79.9. The Morgan fingerprint density at radius 2 is 2.00 bits per heavy atom. The van der Waals surface area contributed by atoms with Crippen LogP contribution in [0.3, 0.4) is 0 Å². The first-order chi connectivity index (χ1) is 9.92. The number of hydrogen-bond acceptors (Lipinski definition) is 4. The van der Waals surface area contributed by atoms with Crippen molar-refractivity contribution in [2.75, 3.05) is 18.5 Å². The van der Waals surface area contributed by atoms with Gasteiger partial charge in [0.15, 0.2) is 0 Å². The Bertz CT molecular complexity index is 551. The van der Waals surface area contributed by atoms with Gasteiger partial charge < -0.3 is 15.4 Å². The van der Waals surface area contributed by atoms with Gasteiger partial charge in [-0.3, -0.25) is 14.4 Å². The van der Waals surface area contributed by atoms with Gasteiger partial charge in [-0.25, -0.2) is 4.39 Å². The van der Waals surface area contributed by atoms with Crippen LogP contribution in [0, 0.1) is 5.82 Å². The van der Waals surface area contributed by atoms with Crippen LogP contribution in [0.15, 0.2) is 22.7 Å². The van der Waals surface area contributed by atoms with E-state index in [2.05, 4.69) is 31.3 Å². The Labute approximate surface area is 129 Å². The predicted molar refractivity (Wildman–Crippen MR) is 77.0 cm³/mol. The summed E-state index contributed by atoms with van der Waals surface area (Å²) in [5.41, 5.74) is -0.0265. The lowest BCUT2D eigenvalue weighted by atomic mass is 10.3. The summed E-state index contributed by atoms with van der Waals surface area (Å²) in [6.45, 7) is 1.53. The average molecular weight is 361 g/mol. The maximum absolute atomic E-state index is 13.5. The van der Waals surface area contributed by atoms with E-state index in [0.29, 0.717) is 4.47 Å². The van der Waals surface area contributed by atoms with E-state index in [-0.39, 0.29) is 18.8 Å². The zero-order chi connectivity index (χ0) is 15.8. The fourth-order valence-corrected chi connectivity index (χ4v) is 1.71. The molecule has 0 aliphatic carbocycles. The standard InChI is InChI=1S/C13H14BrFN2O4/c1-2-21-13(20)7-16-11(18)6-12(19)17-10-4-3-8(14)5-9(10)15/h3-5H,2,6-7H2,1H3,(H,16,18)(H,17,19). The van der Waals surface area contributed by atoms with Gasteiger partial charge >= 0.3 is 5.97 Å². The van der Waals surface area contributed by atoms with E-state index in [1.807, 2.05) is 0 Å². The van der Waals surface area contributed by atoms with Crippen LogP contribution in [0.4, 0.5) is 10.1 Å². The number of ether oxygens (including phenoxy) is 1. The topological polar surface area (TPSA) is 84.5 Å². The summed E-state index contributed by atoms with van der Waals surface area (Å²) in [5, 5.41) is 4.50. The summed E-state index contributed by atoms with van der Waals surface area (Å²) in [5.74, 6) is -2.55. The molecule has 8 heteroatoms. The van der Waals surface area contributed by atoms with Crippen LogP contribution >= 0.6 is 15.9 Å². The van der Waals surface area contributed by atoms with Crippen LogP contribution in [0.2, 0.25) is 0 Å². The highest BCUT2D eigenvalue weighted by Gasteiger charge is 2.13. The zero-order valence-corrected chi connectivity index (χ0v) is 12.8. The fourth-order valence-electron chi connectivity index (χ4n) is 1.38. The quantitative estimate of drug-likeness (QED) is 0.596. The summed E-state index contributed by atoms with van der Waals surface area (Å²) in [6.07, 6.45) is -0.519. The number of rotatable bonds is 6. The average Bonchev–Trinajstić information content (AvgIpc) is 2.40. The molecule has 0 aromatic heterocycles. The van der Waals surface area contributed by atoms with Crippen molar-refractivity contribution in [3.05, 3.63) is 28.5 Å². The first-order valence-corrected chi connectivity index (χ1v) is 6.89. The minimum absolute atomic E-state index is 0.0265. The predicted octanol–water partition coefficient (Wildman–Crippen LogP) is 1.60. The number of anilines is 1. The van der Waals surface area contributed by atoms with Crippen molar-refractivity contribution >= 4 is 39.4 Å². The maximum Gasteiger partial charge on any atom is 0.325 e. The number of benzene rings is 1. The van der Waals surface area contributed by atoms with E-state index in [1.54, 1.807) is 13.0 Å². The van der Waals surface area contributed by atoms with E-state index >= 15 is 0 Å². The summed E-state index contributed by atoms with van der Waals surface area (Å²) in [6, 6.07) is 4.11. The number of halogens is 2. The summed E-state index contributed by atoms with van der Waals surface area (Å²) < 4.78 is 18.6. The number of esters is 1. The lowest BCUT2D eigenvalue weighted by molar-refractivity contribution is -0.143. The van der Waals surface area contributed by atoms with E-state index in [1.165, 1.54) is 12.1 Å². The monoisotopic (exact) mass is 360 g/mol. The molecule has 0 radical (unpaired) electrons. The van der Waals surface area contributed by atoms with Crippen molar-refractivity contribution in [3.63, 3.8) is 0 Å². The summed E-state index contributed by atoms with van der Waals surface area (Å²) in [4.78, 5) is 34.0. The first-order valence-electron chi connectivity index (χ1n) is 6.09. The van der Waals surface area contributed by atoms with Crippen LogP contribution in [-0.2, 0) is 19.1 Å². The molecule has 0 atom stereocenters. The zero-order valence-electron chi connectivity index (χ0n) is 11.2. The molecule has 1 aromatic rings. The van der Waals surface area contributed by atoms with Gasteiger partial charge in [-0.15, -0.1) is 0 Å². The molecule has 0 unspecified atom stereocenters. The normalized spacial score (nSPS) is 9.86. The Morgan fingerprint density at radius 3 is 2.62 bits per heavy atom. The summed E-state index contributed by atoms with van der Waals surface area (Å²) in [7, 11) is 0. The van der Waals surface area contributed by atoms with Crippen molar-refractivity contribution in [1.29, 1.82) is 0 Å². The molecular formula is C13H14BrFN2O4. The second-order valence-corrected chi connectivity index (χ2v) is 4.85. The fraction of sp³-hybridized carbons (Fsp3) is 0.308. The largest absolute Gasteiger partial charge is 0.465 e. The number of hydrogen-bond donors (Lipinski definition) is 2. The lowest BCUT2D eigenvalue weighted by Crippen LogP contribution is -2.33. The van der Waals surface area contributed by atoms with Crippen LogP contribution < -0.4 is 10.6 Å². The third-order valence-corrected chi connectivity index (χ3v) is 2.75. The molecule has 0 fully saturated rings. The molecule has 0 aliphatic heterocycles. The molecule has 0 bridgehead atoms. The molecule has 2 N–H and O–H groups in total. The smallest absolute Gasteiger partial charge is 0.325 e. The number of nitrogens with one attached hydrogen (secondary N) is 2. The van der Waals surface area contributed by atoms with E-state index < -0.39 is 30.0 Å². The van der Waals surface area contributed by atoms with Gasteiger partial charge in [-0.1, -0.05) is 15.9 Å². The highest BCUT2D eigenvalue weighted by Crippen LogP contribution is 2.19. The van der Waals surface area contributed by atoms with Crippen molar-refractivity contribution in [3.8, 4) is 0 Å². The van der Waals surface area contributed by atoms with Gasteiger partial charge in [0.2, 0.25) is 11.8 Å². The van der Waals surface area contributed by atoms with E-state index in [4.69, 9.17) is 0 Å². The van der Waals surface area contributed by atoms with Crippen LogP contribution in [-0.4, -0.2) is 30.9 Å². The number of carbonyl (C=O) groups excluding carboxylic acids is 3. The Morgan fingerprint density at radius 1 is 1.29 bits per heavy atom. The maximum atomic E-state index is 13.5. The molecule has 0 saturated carbocycles. The van der Waals surface area contributed by atoms with Crippen LogP contribution in [0.1, 0.15) is 13.3 Å². The van der Waals surface area contributed by atoms with E-state index in [0.717, 1.165) is 0 Å². The molecule has 0 aliphatic rings. The number of carbonyl (C=O) groups is 3. The van der Waals surface area contributed by atoms with Crippen LogP contribution in [0.25, 0.3) is 0 Å². The minimum atomic E-state index is -0.683. The Kier molecular flexibility index (Phi) is 6.80. The van der Waals surface area contributed by atoms with Crippen molar-refractivity contribution in [2.24, 2.45) is 0 Å². The highest BCUT2D eigenvalue weighted by molar-refractivity contribution is 9.10. The van der Waals surface area contributed by atoms with Gasteiger partial charge in [0.05, 0.1) is 12.3 Å². The molecule has 0 spiro atoms. The molecule has 6 nitrogen and oxygen atoms in total. The molecule has 1 rings (SSSR count). The van der Waals surface area contributed by atoms with Crippen molar-refractivity contribution in [2.45, 2.75) is 13.3 Å². The second-order valence-electron chi connectivity index (χ2n) is 3.93. The molecule has 0 saturated heterocycles. The SMILES string of the molecule is CCOC(=O)CNC(=O)CC(=O)Nc1ccc(Br)cc1F. The van der Waals surface area contributed by atoms with Gasteiger partial charge in [0.1, 0.15) is 18.8 Å². The molecule has 0 heterocycles. The van der Waals surface area contributed by atoms with Crippen molar-refractivity contribution < 1.29 is 23.5 Å². The molecule has 114 valence electrons. The Balaban J connectivity index is 2.42. The lowest BCUT2D eigenvalue weighted by Gasteiger charge is -2.07. The second kappa shape index (κ2) is 8.35. The Hall–Kier alpha value is -1.96. The van der Waals surface area contributed by atoms with Gasteiger partial charge in [0, 0.05) is 4.47 Å². The molecule has 2 amide bonds. The van der Waals surface area contributed by atoms with Crippen molar-refractivity contribution in [1.82, 2.24) is 5.32 Å². The molecular weight excluding hydrogens is 347 g/mol. The molecule has 21 heavy (non-hydrogen) atoms. The number of amides is 2. The third kappa shape index (κ3) is 6.35. The first kappa shape index (κ1) is 17.1. The van der Waals surface area contributed by atoms with E-state index in [9.17, 15) is 18.8 Å². The minimum Gasteiger partial charge on any atom is -0.465 e. The molecule has 1 aromatic carbocycles. The van der Waals surface area contributed by atoms with Gasteiger partial charge in [-0.05, 0) is 25.1 Å². The van der Waals surface area contributed by atoms with Gasteiger partial charge in [-0.2, -0.15) is 0 Å².